The maximum absolute atomic E-state index is 6.04. The van der Waals surface area contributed by atoms with Crippen molar-refractivity contribution in [2.75, 3.05) is 6.61 Å². The van der Waals surface area contributed by atoms with Crippen LogP contribution in [0.4, 0.5) is 0 Å². The van der Waals surface area contributed by atoms with Gasteiger partial charge in [-0.1, -0.05) is 65.5 Å². The predicted molar refractivity (Wildman–Crippen MR) is 128 cm³/mol. The molecule has 0 aliphatic heterocycles. The fourth-order valence-electron chi connectivity index (χ4n) is 9.03. The molecule has 0 N–H and O–H groups in total. The summed E-state index contributed by atoms with van der Waals surface area (Å²) in [6, 6.07) is 0. The zero-order chi connectivity index (χ0) is 21.5. The summed E-state index contributed by atoms with van der Waals surface area (Å²) in [5.41, 5.74) is 2.86. The molecule has 1 heteroatoms. The zero-order valence-corrected chi connectivity index (χ0v) is 21.0. The van der Waals surface area contributed by atoms with Crippen molar-refractivity contribution in [1.29, 1.82) is 0 Å². The molecule has 0 heterocycles. The Morgan fingerprint density at radius 3 is 2.53 bits per heavy atom. The van der Waals surface area contributed by atoms with Crippen LogP contribution in [-0.2, 0) is 4.74 Å². The average Bonchev–Trinajstić information content (AvgIpc) is 3.05. The molecule has 0 aromatic carbocycles. The number of rotatable bonds is 7. The summed E-state index contributed by atoms with van der Waals surface area (Å²) in [7, 11) is 0. The van der Waals surface area contributed by atoms with Crippen molar-refractivity contribution in [2.45, 2.75) is 118 Å². The van der Waals surface area contributed by atoms with Crippen LogP contribution in [0.2, 0.25) is 0 Å². The second kappa shape index (κ2) is 8.92. The van der Waals surface area contributed by atoms with Gasteiger partial charge in [0.05, 0.1) is 6.10 Å². The molecule has 1 nitrogen and oxygen atoms in total. The lowest BCUT2D eigenvalue weighted by Crippen LogP contribution is -2.51. The van der Waals surface area contributed by atoms with E-state index >= 15 is 0 Å². The first kappa shape index (κ1) is 22.9. The van der Waals surface area contributed by atoms with E-state index in [4.69, 9.17) is 4.74 Å². The molecule has 0 amide bonds. The van der Waals surface area contributed by atoms with Crippen molar-refractivity contribution in [1.82, 2.24) is 0 Å². The Morgan fingerprint density at radius 2 is 1.80 bits per heavy atom. The van der Waals surface area contributed by atoms with E-state index in [1.165, 1.54) is 70.6 Å². The van der Waals surface area contributed by atoms with Gasteiger partial charge < -0.3 is 4.74 Å². The number of hydrogen-bond acceptors (Lipinski definition) is 1. The lowest BCUT2D eigenvalue weighted by atomic mass is 9.47. The minimum absolute atomic E-state index is 0.471. The first-order valence-electron chi connectivity index (χ1n) is 13.6. The molecule has 4 rings (SSSR count). The molecule has 0 radical (unpaired) electrons. The standard InChI is InChI=1S/C29H50O/c1-7-30-23-15-17-28(5)22(19-23)11-12-24-26-14-13-25(21(4)10-8-9-20(2)3)29(26,6)18-16-27(24)28/h11,20-21,23-27H,7-10,12-19H2,1-6H3/t21?,23-,24-,25+,26-,27-,28-,29+/m0/s1. The van der Waals surface area contributed by atoms with Crippen LogP contribution in [0.1, 0.15) is 112 Å². The van der Waals surface area contributed by atoms with Crippen LogP contribution in [0.15, 0.2) is 11.6 Å². The molecule has 3 saturated carbocycles. The Kier molecular flexibility index (Phi) is 6.80. The van der Waals surface area contributed by atoms with Crippen LogP contribution < -0.4 is 0 Å². The first-order valence-corrected chi connectivity index (χ1v) is 13.6. The molecular formula is C29H50O. The average molecular weight is 415 g/mol. The van der Waals surface area contributed by atoms with E-state index < -0.39 is 0 Å². The minimum Gasteiger partial charge on any atom is -0.378 e. The summed E-state index contributed by atoms with van der Waals surface area (Å²) in [6.07, 6.45) is 18.7. The molecule has 4 aliphatic carbocycles. The van der Waals surface area contributed by atoms with Gasteiger partial charge in [-0.05, 0) is 105 Å². The van der Waals surface area contributed by atoms with Crippen molar-refractivity contribution in [2.24, 2.45) is 46.3 Å². The highest BCUT2D eigenvalue weighted by atomic mass is 16.5. The fraction of sp³-hybridized carbons (Fsp3) is 0.931. The van der Waals surface area contributed by atoms with Gasteiger partial charge in [0.25, 0.3) is 0 Å². The lowest BCUT2D eigenvalue weighted by molar-refractivity contribution is -0.0630. The Hall–Kier alpha value is -0.300. The van der Waals surface area contributed by atoms with Crippen LogP contribution in [0.25, 0.3) is 0 Å². The molecule has 3 fully saturated rings. The molecule has 172 valence electrons. The molecule has 30 heavy (non-hydrogen) atoms. The zero-order valence-electron chi connectivity index (χ0n) is 21.0. The van der Waals surface area contributed by atoms with Crippen molar-refractivity contribution < 1.29 is 4.74 Å². The SMILES string of the molecule is CCO[C@H]1CC[C@@]2(C)C(=CC[C@H]3[C@@H]4CC[C@H](C(C)CCCC(C)C)[C@@]4(C)CC[C@@H]32)C1. The van der Waals surface area contributed by atoms with Crippen LogP contribution in [0, 0.1) is 46.3 Å². The molecule has 0 aromatic heterocycles. The van der Waals surface area contributed by atoms with E-state index in [0.717, 1.165) is 42.1 Å². The molecule has 1 unspecified atom stereocenters. The molecule has 8 atom stereocenters. The van der Waals surface area contributed by atoms with Crippen LogP contribution >= 0.6 is 0 Å². The third kappa shape index (κ3) is 3.95. The third-order valence-corrected chi connectivity index (χ3v) is 10.7. The fourth-order valence-corrected chi connectivity index (χ4v) is 9.03. The molecular weight excluding hydrogens is 364 g/mol. The lowest BCUT2D eigenvalue weighted by Gasteiger charge is -2.58. The minimum atomic E-state index is 0.471. The summed E-state index contributed by atoms with van der Waals surface area (Å²) < 4.78 is 6.04. The first-order chi connectivity index (χ1) is 14.3. The van der Waals surface area contributed by atoms with Gasteiger partial charge in [0.2, 0.25) is 0 Å². The topological polar surface area (TPSA) is 9.23 Å². The predicted octanol–water partition coefficient (Wildman–Crippen LogP) is 8.43. The smallest absolute Gasteiger partial charge is 0.0612 e. The Morgan fingerprint density at radius 1 is 1.00 bits per heavy atom. The molecule has 4 aliphatic rings. The van der Waals surface area contributed by atoms with Gasteiger partial charge in [0, 0.05) is 6.61 Å². The van der Waals surface area contributed by atoms with Gasteiger partial charge in [-0.15, -0.1) is 0 Å². The van der Waals surface area contributed by atoms with Gasteiger partial charge >= 0.3 is 0 Å². The molecule has 0 saturated heterocycles. The maximum atomic E-state index is 6.04. The highest BCUT2D eigenvalue weighted by molar-refractivity contribution is 5.25. The van der Waals surface area contributed by atoms with E-state index in [-0.39, 0.29) is 0 Å². The normalized spacial score (nSPS) is 44.2. The third-order valence-electron chi connectivity index (χ3n) is 10.7. The number of fused-ring (bicyclic) bond motifs is 5. The van der Waals surface area contributed by atoms with Gasteiger partial charge in [-0.25, -0.2) is 0 Å². The monoisotopic (exact) mass is 414 g/mol. The van der Waals surface area contributed by atoms with Gasteiger partial charge in [-0.3, -0.25) is 0 Å². The van der Waals surface area contributed by atoms with Crippen molar-refractivity contribution >= 4 is 0 Å². The second-order valence-corrected chi connectivity index (χ2v) is 12.6. The molecule has 0 aromatic rings. The molecule has 0 bridgehead atoms. The number of allylic oxidation sites excluding steroid dienone is 1. The summed E-state index contributed by atoms with van der Waals surface area (Å²) in [5.74, 6) is 5.63. The highest BCUT2D eigenvalue weighted by Crippen LogP contribution is 2.67. The summed E-state index contributed by atoms with van der Waals surface area (Å²) in [6.45, 7) is 15.7. The quantitative estimate of drug-likeness (QED) is 0.380. The van der Waals surface area contributed by atoms with E-state index in [0.29, 0.717) is 16.9 Å². The maximum Gasteiger partial charge on any atom is 0.0612 e. The Balaban J connectivity index is 1.47. The van der Waals surface area contributed by atoms with Crippen molar-refractivity contribution in [3.8, 4) is 0 Å². The van der Waals surface area contributed by atoms with Crippen molar-refractivity contribution in [3.63, 3.8) is 0 Å². The highest BCUT2D eigenvalue weighted by Gasteiger charge is 2.59. The number of hydrogen-bond donors (Lipinski definition) is 0. The summed E-state index contributed by atoms with van der Waals surface area (Å²) >= 11 is 0. The molecule has 0 spiro atoms. The van der Waals surface area contributed by atoms with Crippen molar-refractivity contribution in [3.05, 3.63) is 11.6 Å². The van der Waals surface area contributed by atoms with Gasteiger partial charge in [0.15, 0.2) is 0 Å². The van der Waals surface area contributed by atoms with Crippen LogP contribution in [0.3, 0.4) is 0 Å². The van der Waals surface area contributed by atoms with Gasteiger partial charge in [0.1, 0.15) is 0 Å². The Bertz CT molecular complexity index is 620. The van der Waals surface area contributed by atoms with Crippen LogP contribution in [0.5, 0.6) is 0 Å². The summed E-state index contributed by atoms with van der Waals surface area (Å²) in [4.78, 5) is 0. The van der Waals surface area contributed by atoms with E-state index in [1.807, 2.05) is 0 Å². The summed E-state index contributed by atoms with van der Waals surface area (Å²) in [5, 5.41) is 0. The number of ether oxygens (including phenoxy) is 1. The Labute approximate surface area is 187 Å². The van der Waals surface area contributed by atoms with E-state index in [9.17, 15) is 0 Å². The second-order valence-electron chi connectivity index (χ2n) is 12.6. The van der Waals surface area contributed by atoms with Gasteiger partial charge in [-0.2, -0.15) is 0 Å². The van der Waals surface area contributed by atoms with E-state index in [2.05, 4.69) is 47.6 Å². The van der Waals surface area contributed by atoms with Crippen LogP contribution in [-0.4, -0.2) is 12.7 Å². The largest absolute Gasteiger partial charge is 0.378 e. The van der Waals surface area contributed by atoms with E-state index in [1.54, 1.807) is 5.57 Å².